The van der Waals surface area contributed by atoms with Crippen molar-refractivity contribution in [1.82, 2.24) is 5.32 Å². The second-order valence-corrected chi connectivity index (χ2v) is 3.96. The Morgan fingerprint density at radius 1 is 1.39 bits per heavy atom. The zero-order chi connectivity index (χ0) is 13.4. The molecule has 0 saturated carbocycles. The fourth-order valence-corrected chi connectivity index (χ4v) is 1.28. The molecule has 0 aromatic heterocycles. The first kappa shape index (κ1) is 14.1. The number of aliphatic hydroxyl groups is 1. The lowest BCUT2D eigenvalue weighted by Crippen LogP contribution is -2.26. The normalized spacial score (nSPS) is 9.56. The van der Waals surface area contributed by atoms with Crippen molar-refractivity contribution in [2.45, 2.75) is 26.5 Å². The topological polar surface area (TPSA) is 58.6 Å². The van der Waals surface area contributed by atoms with Crippen molar-refractivity contribution >= 4 is 6.09 Å². The Hall–Kier alpha value is -1.99. The minimum atomic E-state index is -0.422. The van der Waals surface area contributed by atoms with Crippen LogP contribution in [0.3, 0.4) is 0 Å². The first-order chi connectivity index (χ1) is 8.61. The smallest absolute Gasteiger partial charge is 0.407 e. The molecule has 0 heterocycles. The summed E-state index contributed by atoms with van der Waals surface area (Å²) in [6.07, 6.45) is -0.546. The van der Waals surface area contributed by atoms with Crippen molar-refractivity contribution in [3.05, 3.63) is 35.4 Å². The van der Waals surface area contributed by atoms with Gasteiger partial charge >= 0.3 is 6.09 Å². The molecule has 2 N–H and O–H groups in total. The summed E-state index contributed by atoms with van der Waals surface area (Å²) in [5.74, 6) is 5.37. The molecular formula is C14H17NO3. The summed E-state index contributed by atoms with van der Waals surface area (Å²) >= 11 is 0. The molecule has 4 heteroatoms. The largest absolute Gasteiger partial charge is 0.447 e. The van der Waals surface area contributed by atoms with Gasteiger partial charge in [-0.3, -0.25) is 0 Å². The molecule has 0 saturated heterocycles. The van der Waals surface area contributed by atoms with Crippen molar-refractivity contribution in [2.75, 3.05) is 6.61 Å². The van der Waals surface area contributed by atoms with Gasteiger partial charge in [-0.2, -0.15) is 0 Å². The van der Waals surface area contributed by atoms with Crippen molar-refractivity contribution in [1.29, 1.82) is 0 Å². The summed E-state index contributed by atoms with van der Waals surface area (Å²) in [7, 11) is 0. The monoisotopic (exact) mass is 247 g/mol. The standard InChI is InChI=1S/C14H17NO3/c1-11(2)18-14(17)15-10-13-7-5-12(6-8-13)4-3-9-16/h5-8,11,16H,9-10H2,1-2H3,(H,15,17). The van der Waals surface area contributed by atoms with Crippen LogP contribution in [0.25, 0.3) is 0 Å². The molecule has 0 radical (unpaired) electrons. The van der Waals surface area contributed by atoms with Crippen molar-refractivity contribution in [3.63, 3.8) is 0 Å². The van der Waals surface area contributed by atoms with E-state index < -0.39 is 6.09 Å². The van der Waals surface area contributed by atoms with E-state index in [4.69, 9.17) is 9.84 Å². The Morgan fingerprint density at radius 3 is 2.61 bits per heavy atom. The predicted octanol–water partition coefficient (Wildman–Crippen LogP) is 1.67. The van der Waals surface area contributed by atoms with E-state index in [0.717, 1.165) is 11.1 Å². The Kier molecular flexibility index (Phi) is 5.75. The molecule has 0 bridgehead atoms. The Labute approximate surface area is 107 Å². The highest BCUT2D eigenvalue weighted by Gasteiger charge is 2.03. The van der Waals surface area contributed by atoms with Gasteiger partial charge in [-0.25, -0.2) is 4.79 Å². The number of benzene rings is 1. The fourth-order valence-electron chi connectivity index (χ4n) is 1.28. The number of ether oxygens (including phenoxy) is 1. The minimum Gasteiger partial charge on any atom is -0.447 e. The van der Waals surface area contributed by atoms with E-state index in [1.807, 2.05) is 24.3 Å². The van der Waals surface area contributed by atoms with Crippen LogP contribution in [-0.2, 0) is 11.3 Å². The van der Waals surface area contributed by atoms with E-state index in [1.54, 1.807) is 13.8 Å². The summed E-state index contributed by atoms with van der Waals surface area (Å²) in [6, 6.07) is 7.43. The van der Waals surface area contributed by atoms with Gasteiger partial charge in [0.15, 0.2) is 0 Å². The van der Waals surface area contributed by atoms with Crippen molar-refractivity contribution in [3.8, 4) is 11.8 Å². The molecule has 0 fully saturated rings. The van der Waals surface area contributed by atoms with E-state index >= 15 is 0 Å². The Balaban J connectivity index is 2.46. The molecule has 96 valence electrons. The zero-order valence-electron chi connectivity index (χ0n) is 10.6. The molecule has 1 aromatic rings. The van der Waals surface area contributed by atoms with Gasteiger partial charge in [-0.05, 0) is 31.5 Å². The fraction of sp³-hybridized carbons (Fsp3) is 0.357. The van der Waals surface area contributed by atoms with Crippen LogP contribution in [-0.4, -0.2) is 23.9 Å². The number of hydrogen-bond donors (Lipinski definition) is 2. The maximum Gasteiger partial charge on any atom is 0.407 e. The first-order valence-corrected chi connectivity index (χ1v) is 5.75. The molecule has 0 atom stereocenters. The summed E-state index contributed by atoms with van der Waals surface area (Å²) in [4.78, 5) is 11.3. The van der Waals surface area contributed by atoms with Gasteiger partial charge in [-0.15, -0.1) is 0 Å². The lowest BCUT2D eigenvalue weighted by atomic mass is 10.1. The Bertz CT molecular complexity index is 440. The third-order valence-corrected chi connectivity index (χ3v) is 2.05. The van der Waals surface area contributed by atoms with Gasteiger partial charge in [0.25, 0.3) is 0 Å². The number of carbonyl (C=O) groups is 1. The van der Waals surface area contributed by atoms with E-state index in [-0.39, 0.29) is 12.7 Å². The number of amides is 1. The summed E-state index contributed by atoms with van der Waals surface area (Å²) in [5, 5.41) is 11.2. The van der Waals surface area contributed by atoms with E-state index in [9.17, 15) is 4.79 Å². The molecule has 0 aliphatic heterocycles. The lowest BCUT2D eigenvalue weighted by molar-refractivity contribution is 0.115. The minimum absolute atomic E-state index is 0.124. The molecule has 1 aromatic carbocycles. The summed E-state index contributed by atoms with van der Waals surface area (Å²) in [5.41, 5.74) is 1.79. The highest BCUT2D eigenvalue weighted by Crippen LogP contribution is 2.03. The van der Waals surface area contributed by atoms with Crippen LogP contribution in [0.2, 0.25) is 0 Å². The van der Waals surface area contributed by atoms with Crippen LogP contribution in [0.5, 0.6) is 0 Å². The molecule has 1 rings (SSSR count). The van der Waals surface area contributed by atoms with Gasteiger partial charge in [0.2, 0.25) is 0 Å². The van der Waals surface area contributed by atoms with Gasteiger partial charge in [-0.1, -0.05) is 24.0 Å². The van der Waals surface area contributed by atoms with Crippen LogP contribution in [0.4, 0.5) is 4.79 Å². The average molecular weight is 247 g/mol. The van der Waals surface area contributed by atoms with Crippen LogP contribution >= 0.6 is 0 Å². The maximum absolute atomic E-state index is 11.3. The van der Waals surface area contributed by atoms with Crippen LogP contribution in [0, 0.1) is 11.8 Å². The Morgan fingerprint density at radius 2 is 2.06 bits per heavy atom. The quantitative estimate of drug-likeness (QED) is 0.799. The van der Waals surface area contributed by atoms with Crippen LogP contribution in [0.15, 0.2) is 24.3 Å². The van der Waals surface area contributed by atoms with Crippen LogP contribution < -0.4 is 5.32 Å². The SMILES string of the molecule is CC(C)OC(=O)NCc1ccc(C#CCO)cc1. The summed E-state index contributed by atoms with van der Waals surface area (Å²) < 4.78 is 4.95. The average Bonchev–Trinajstić information content (AvgIpc) is 2.34. The number of alkyl carbamates (subject to hydrolysis) is 1. The molecule has 4 nitrogen and oxygen atoms in total. The van der Waals surface area contributed by atoms with Gasteiger partial charge in [0.1, 0.15) is 6.61 Å². The maximum atomic E-state index is 11.3. The first-order valence-electron chi connectivity index (χ1n) is 5.75. The number of carbonyl (C=O) groups excluding carboxylic acids is 1. The van der Waals surface area contributed by atoms with Crippen molar-refractivity contribution < 1.29 is 14.6 Å². The van der Waals surface area contributed by atoms with Crippen LogP contribution in [0.1, 0.15) is 25.0 Å². The second-order valence-electron chi connectivity index (χ2n) is 3.96. The molecule has 1 amide bonds. The van der Waals surface area contributed by atoms with Crippen molar-refractivity contribution in [2.24, 2.45) is 0 Å². The number of rotatable bonds is 3. The molecule has 0 aliphatic rings. The lowest BCUT2D eigenvalue weighted by Gasteiger charge is -2.09. The third-order valence-electron chi connectivity index (χ3n) is 2.05. The third kappa shape index (κ3) is 5.37. The van der Waals surface area contributed by atoms with E-state index in [2.05, 4.69) is 17.2 Å². The highest BCUT2D eigenvalue weighted by atomic mass is 16.6. The molecule has 18 heavy (non-hydrogen) atoms. The van der Waals surface area contributed by atoms with Gasteiger partial charge < -0.3 is 15.2 Å². The number of nitrogens with one attached hydrogen (secondary N) is 1. The second kappa shape index (κ2) is 7.36. The highest BCUT2D eigenvalue weighted by molar-refractivity contribution is 5.67. The van der Waals surface area contributed by atoms with E-state index in [0.29, 0.717) is 6.54 Å². The molecule has 0 spiro atoms. The predicted molar refractivity (Wildman–Crippen MR) is 68.9 cm³/mol. The number of aliphatic hydroxyl groups excluding tert-OH is 1. The molecule has 0 aliphatic carbocycles. The summed E-state index contributed by atoms with van der Waals surface area (Å²) in [6.45, 7) is 3.87. The number of hydrogen-bond acceptors (Lipinski definition) is 3. The molecule has 0 unspecified atom stereocenters. The zero-order valence-corrected chi connectivity index (χ0v) is 10.6. The molecular weight excluding hydrogens is 230 g/mol. The van der Waals surface area contributed by atoms with Gasteiger partial charge in [0.05, 0.1) is 6.10 Å². The van der Waals surface area contributed by atoms with Gasteiger partial charge in [0, 0.05) is 12.1 Å². The van der Waals surface area contributed by atoms with E-state index in [1.165, 1.54) is 0 Å².